The molecule has 0 heterocycles. The van der Waals surface area contributed by atoms with Crippen LogP contribution in [0.1, 0.15) is 19.8 Å². The number of hydrogen-bond acceptors (Lipinski definition) is 5. The minimum Gasteiger partial charge on any atom is -0.748 e. The number of carbonyl (C=O) groups excluding carboxylic acids is 1. The Morgan fingerprint density at radius 2 is 2.07 bits per heavy atom. The van der Waals surface area contributed by atoms with Crippen molar-refractivity contribution in [2.24, 2.45) is 0 Å². The van der Waals surface area contributed by atoms with Crippen LogP contribution in [0.5, 0.6) is 0 Å². The molecule has 14 heavy (non-hydrogen) atoms. The summed E-state index contributed by atoms with van der Waals surface area (Å²) in [6.45, 7) is 1.21. The number of carbonyl (C=O) groups is 1. The van der Waals surface area contributed by atoms with Gasteiger partial charge in [0.25, 0.3) is 0 Å². The van der Waals surface area contributed by atoms with Crippen LogP contribution in [0.4, 0.5) is 0 Å². The molecule has 0 atom stereocenters. The molecule has 0 aliphatic rings. The van der Waals surface area contributed by atoms with E-state index in [1.54, 1.807) is 0 Å². The Labute approximate surface area is 105 Å². The van der Waals surface area contributed by atoms with Crippen LogP contribution in [0.25, 0.3) is 0 Å². The maximum Gasteiger partial charge on any atom is 1.00 e. The van der Waals surface area contributed by atoms with Crippen molar-refractivity contribution in [1.29, 1.82) is 0 Å². The molecule has 0 aromatic rings. The van der Waals surface area contributed by atoms with Crippen LogP contribution in [0.2, 0.25) is 0 Å². The molecule has 5 nitrogen and oxygen atoms in total. The van der Waals surface area contributed by atoms with Crippen molar-refractivity contribution in [2.75, 3.05) is 5.75 Å². The molecule has 0 aromatic carbocycles. The van der Waals surface area contributed by atoms with Crippen molar-refractivity contribution in [3.8, 4) is 12.0 Å². The molecule has 0 N–H and O–H groups in total. The van der Waals surface area contributed by atoms with Gasteiger partial charge in [-0.2, -0.15) is 0 Å². The normalized spacial score (nSPS) is 9.29. The predicted molar refractivity (Wildman–Crippen MR) is 43.3 cm³/mol. The third-order valence-corrected chi connectivity index (χ3v) is 1.75. The molecular weight excluding hydrogens is 219 g/mol. The zero-order valence-electron chi connectivity index (χ0n) is 8.07. The summed E-state index contributed by atoms with van der Waals surface area (Å²) in [6.07, 6.45) is 2.44. The van der Waals surface area contributed by atoms with E-state index in [-0.39, 0.29) is 42.4 Å². The molecule has 0 rings (SSSR count). The first-order valence-corrected chi connectivity index (χ1v) is 5.08. The molecule has 0 saturated heterocycles. The average molecular weight is 228 g/mol. The molecule has 0 amide bonds. The summed E-state index contributed by atoms with van der Waals surface area (Å²) in [5.41, 5.74) is 0. The van der Waals surface area contributed by atoms with Crippen LogP contribution in [-0.2, 0) is 19.6 Å². The molecule has 0 unspecified atom stereocenters. The maximum atomic E-state index is 10.2. The van der Waals surface area contributed by atoms with E-state index in [1.807, 2.05) is 0 Å². The van der Waals surface area contributed by atoms with Gasteiger partial charge in [-0.1, -0.05) is 5.92 Å². The van der Waals surface area contributed by atoms with Crippen LogP contribution in [-0.4, -0.2) is 24.7 Å². The fourth-order valence-corrected chi connectivity index (χ4v) is 0.994. The van der Waals surface area contributed by atoms with Gasteiger partial charge in [-0.3, -0.25) is 4.79 Å². The standard InChI is InChI=1S/C7H10O5S.Na/c1-7(8)12-5-3-2-4-6-13(9,10)11;/h2,4,6H2,1H3,(H,9,10,11);/q;+1/p-1. The van der Waals surface area contributed by atoms with E-state index < -0.39 is 21.8 Å². The summed E-state index contributed by atoms with van der Waals surface area (Å²) in [7, 11) is -4.15. The smallest absolute Gasteiger partial charge is 0.748 e. The largest absolute Gasteiger partial charge is 1.00 e. The molecule has 0 spiro atoms. The van der Waals surface area contributed by atoms with E-state index in [9.17, 15) is 17.8 Å². The van der Waals surface area contributed by atoms with Gasteiger partial charge < -0.3 is 9.29 Å². The fraction of sp³-hybridized carbons (Fsp3) is 0.571. The second-order valence-electron chi connectivity index (χ2n) is 2.24. The molecule has 0 aliphatic carbocycles. The quantitative estimate of drug-likeness (QED) is 0.167. The van der Waals surface area contributed by atoms with Crippen LogP contribution < -0.4 is 29.6 Å². The Hall–Kier alpha value is -0.0600. The van der Waals surface area contributed by atoms with E-state index in [2.05, 4.69) is 16.8 Å². The summed E-state index contributed by atoms with van der Waals surface area (Å²) in [5, 5.41) is 0. The van der Waals surface area contributed by atoms with Gasteiger partial charge in [0, 0.05) is 19.1 Å². The van der Waals surface area contributed by atoms with Crippen molar-refractivity contribution in [2.45, 2.75) is 19.8 Å². The monoisotopic (exact) mass is 228 g/mol. The van der Waals surface area contributed by atoms with Gasteiger partial charge in [-0.25, -0.2) is 8.42 Å². The number of hydrogen-bond donors (Lipinski definition) is 0. The Balaban J connectivity index is 0. The van der Waals surface area contributed by atoms with Crippen molar-refractivity contribution in [3.63, 3.8) is 0 Å². The van der Waals surface area contributed by atoms with Crippen molar-refractivity contribution in [1.82, 2.24) is 0 Å². The van der Waals surface area contributed by atoms with E-state index in [0.717, 1.165) is 0 Å². The Morgan fingerprint density at radius 3 is 2.50 bits per heavy atom. The molecule has 0 aromatic heterocycles. The minimum atomic E-state index is -4.15. The van der Waals surface area contributed by atoms with E-state index >= 15 is 0 Å². The molecular formula is C7H9NaO5S. The summed E-state index contributed by atoms with van der Waals surface area (Å²) < 4.78 is 34.5. The van der Waals surface area contributed by atoms with Gasteiger partial charge in [-0.05, 0) is 6.42 Å². The van der Waals surface area contributed by atoms with E-state index in [4.69, 9.17) is 0 Å². The zero-order chi connectivity index (χ0) is 10.3. The first-order chi connectivity index (χ1) is 5.92. The van der Waals surface area contributed by atoms with E-state index in [1.165, 1.54) is 6.92 Å². The second-order valence-corrected chi connectivity index (χ2v) is 3.76. The third kappa shape index (κ3) is 14.5. The molecule has 0 bridgehead atoms. The van der Waals surface area contributed by atoms with Gasteiger partial charge >= 0.3 is 35.5 Å². The SMILES string of the molecule is CC(=O)OC#CCCCS(=O)(=O)[O-].[Na+]. The molecule has 0 aliphatic heterocycles. The molecule has 7 heteroatoms. The van der Waals surface area contributed by atoms with E-state index in [0.29, 0.717) is 0 Å². The molecule has 0 radical (unpaired) electrons. The van der Waals surface area contributed by atoms with Gasteiger partial charge in [0.2, 0.25) is 0 Å². The fourth-order valence-electron chi connectivity index (χ4n) is 0.496. The van der Waals surface area contributed by atoms with Gasteiger partial charge in [0.05, 0.1) is 10.1 Å². The second kappa shape index (κ2) is 8.26. The van der Waals surface area contributed by atoms with Crippen LogP contribution in [0.15, 0.2) is 0 Å². The van der Waals surface area contributed by atoms with Crippen molar-refractivity contribution in [3.05, 3.63) is 0 Å². The summed E-state index contributed by atoms with van der Waals surface area (Å²) in [4.78, 5) is 10.2. The third-order valence-electron chi connectivity index (χ3n) is 0.963. The van der Waals surface area contributed by atoms with Crippen LogP contribution in [0.3, 0.4) is 0 Å². The summed E-state index contributed by atoms with van der Waals surface area (Å²) in [5.74, 6) is 1.43. The minimum absolute atomic E-state index is 0. The Kier molecular flexibility index (Phi) is 9.67. The molecule has 0 saturated carbocycles. The van der Waals surface area contributed by atoms with Crippen molar-refractivity contribution >= 4 is 16.1 Å². The number of unbranched alkanes of at least 4 members (excludes halogenated alkanes) is 1. The maximum absolute atomic E-state index is 10.2. The molecule has 74 valence electrons. The van der Waals surface area contributed by atoms with Crippen LogP contribution in [0, 0.1) is 12.0 Å². The first-order valence-electron chi connectivity index (χ1n) is 3.50. The summed E-state index contributed by atoms with van der Waals surface area (Å²) in [6, 6.07) is 0. The van der Waals surface area contributed by atoms with Gasteiger partial charge in [-0.15, -0.1) is 0 Å². The van der Waals surface area contributed by atoms with Gasteiger partial charge in [0.1, 0.15) is 6.11 Å². The number of ether oxygens (including phenoxy) is 1. The first kappa shape index (κ1) is 16.4. The number of rotatable bonds is 3. The zero-order valence-corrected chi connectivity index (χ0v) is 10.9. The topological polar surface area (TPSA) is 83.5 Å². The molecule has 0 fully saturated rings. The van der Waals surface area contributed by atoms with Crippen LogP contribution >= 0.6 is 0 Å². The number of esters is 1. The Morgan fingerprint density at radius 1 is 1.50 bits per heavy atom. The predicted octanol–water partition coefficient (Wildman–Crippen LogP) is -3.16. The van der Waals surface area contributed by atoms with Crippen molar-refractivity contribution < 1.29 is 52.1 Å². The Bertz CT molecular complexity index is 324. The summed E-state index contributed by atoms with van der Waals surface area (Å²) >= 11 is 0. The average Bonchev–Trinajstić information content (AvgIpc) is 1.93. The van der Waals surface area contributed by atoms with Gasteiger partial charge in [0.15, 0.2) is 0 Å².